The SMILES string of the molecule is CCC(=O)c1cc(-c2ccc(OC)cc2)ccc1Cl. The van der Waals surface area contributed by atoms with E-state index in [1.165, 1.54) is 0 Å². The number of hydrogen-bond donors (Lipinski definition) is 0. The molecular weight excluding hydrogens is 260 g/mol. The van der Waals surface area contributed by atoms with Crippen LogP contribution in [-0.2, 0) is 0 Å². The highest BCUT2D eigenvalue weighted by Crippen LogP contribution is 2.27. The number of halogens is 1. The highest BCUT2D eigenvalue weighted by molar-refractivity contribution is 6.34. The third kappa shape index (κ3) is 2.96. The fraction of sp³-hybridized carbons (Fsp3) is 0.188. The zero-order valence-electron chi connectivity index (χ0n) is 10.9. The Morgan fingerprint density at radius 1 is 1.11 bits per heavy atom. The summed E-state index contributed by atoms with van der Waals surface area (Å²) in [4.78, 5) is 11.8. The van der Waals surface area contributed by atoms with Gasteiger partial charge in [0.1, 0.15) is 5.75 Å². The summed E-state index contributed by atoms with van der Waals surface area (Å²) < 4.78 is 5.13. The molecule has 19 heavy (non-hydrogen) atoms. The molecule has 0 fully saturated rings. The lowest BCUT2D eigenvalue weighted by Crippen LogP contribution is -1.98. The topological polar surface area (TPSA) is 26.3 Å². The standard InChI is InChI=1S/C16H15ClO2/c1-3-16(18)14-10-12(6-9-15(14)17)11-4-7-13(19-2)8-5-11/h4-10H,3H2,1-2H3. The molecule has 2 nitrogen and oxygen atoms in total. The molecule has 0 bridgehead atoms. The van der Waals surface area contributed by atoms with Crippen molar-refractivity contribution in [3.8, 4) is 16.9 Å². The lowest BCUT2D eigenvalue weighted by atomic mass is 10.0. The van der Waals surface area contributed by atoms with Gasteiger partial charge in [-0.25, -0.2) is 0 Å². The van der Waals surface area contributed by atoms with Gasteiger partial charge in [0.15, 0.2) is 5.78 Å². The van der Waals surface area contributed by atoms with Crippen molar-refractivity contribution in [2.24, 2.45) is 0 Å². The molecular formula is C16H15ClO2. The van der Waals surface area contributed by atoms with E-state index in [-0.39, 0.29) is 5.78 Å². The number of ketones is 1. The van der Waals surface area contributed by atoms with Crippen molar-refractivity contribution in [3.05, 3.63) is 53.1 Å². The summed E-state index contributed by atoms with van der Waals surface area (Å²) in [6.07, 6.45) is 0.450. The van der Waals surface area contributed by atoms with E-state index in [4.69, 9.17) is 16.3 Å². The first-order valence-electron chi connectivity index (χ1n) is 6.13. The normalized spacial score (nSPS) is 10.3. The Bertz CT molecular complexity index is 588. The zero-order chi connectivity index (χ0) is 13.8. The van der Waals surface area contributed by atoms with Gasteiger partial charge in [0.25, 0.3) is 0 Å². The minimum absolute atomic E-state index is 0.0559. The summed E-state index contributed by atoms with van der Waals surface area (Å²) in [5.41, 5.74) is 2.59. The Balaban J connectivity index is 2.42. The van der Waals surface area contributed by atoms with Crippen LogP contribution in [0, 0.1) is 0 Å². The van der Waals surface area contributed by atoms with Crippen LogP contribution in [0.2, 0.25) is 5.02 Å². The fourth-order valence-corrected chi connectivity index (χ4v) is 2.12. The number of Topliss-reactive ketones (excluding diaryl/α,β-unsaturated/α-hetero) is 1. The Hall–Kier alpha value is -1.80. The zero-order valence-corrected chi connectivity index (χ0v) is 11.7. The van der Waals surface area contributed by atoms with E-state index < -0.39 is 0 Å². The molecule has 0 N–H and O–H groups in total. The van der Waals surface area contributed by atoms with Gasteiger partial charge in [-0.1, -0.05) is 36.7 Å². The van der Waals surface area contributed by atoms with Crippen molar-refractivity contribution in [3.63, 3.8) is 0 Å². The number of ether oxygens (including phenoxy) is 1. The molecule has 0 aliphatic carbocycles. The molecule has 2 aromatic rings. The van der Waals surface area contributed by atoms with Crippen LogP contribution >= 0.6 is 11.6 Å². The lowest BCUT2D eigenvalue weighted by molar-refractivity contribution is 0.0988. The Labute approximate surface area is 118 Å². The van der Waals surface area contributed by atoms with Crippen LogP contribution < -0.4 is 4.74 Å². The third-order valence-electron chi connectivity index (χ3n) is 3.01. The van der Waals surface area contributed by atoms with Crippen molar-refractivity contribution in [2.75, 3.05) is 7.11 Å². The van der Waals surface area contributed by atoms with E-state index in [9.17, 15) is 4.79 Å². The quantitative estimate of drug-likeness (QED) is 0.761. The summed E-state index contributed by atoms with van der Waals surface area (Å²) in [6, 6.07) is 13.2. The molecule has 2 rings (SSSR count). The van der Waals surface area contributed by atoms with Gasteiger partial charge in [0, 0.05) is 12.0 Å². The van der Waals surface area contributed by atoms with Crippen molar-refractivity contribution in [1.29, 1.82) is 0 Å². The Kier molecular flexibility index (Phi) is 4.23. The predicted octanol–water partition coefficient (Wildman–Crippen LogP) is 4.61. The van der Waals surface area contributed by atoms with Gasteiger partial charge in [-0.2, -0.15) is 0 Å². The minimum atomic E-state index is 0.0559. The maximum atomic E-state index is 11.8. The van der Waals surface area contributed by atoms with Crippen molar-refractivity contribution >= 4 is 17.4 Å². The van der Waals surface area contributed by atoms with Crippen LogP contribution in [0.1, 0.15) is 23.7 Å². The fourth-order valence-electron chi connectivity index (χ4n) is 1.89. The molecule has 0 amide bonds. The second-order valence-corrected chi connectivity index (χ2v) is 4.61. The number of carbonyl (C=O) groups is 1. The van der Waals surface area contributed by atoms with Crippen LogP contribution in [0.3, 0.4) is 0 Å². The van der Waals surface area contributed by atoms with E-state index in [2.05, 4.69) is 0 Å². The van der Waals surface area contributed by atoms with Crippen molar-refractivity contribution in [2.45, 2.75) is 13.3 Å². The molecule has 0 radical (unpaired) electrons. The van der Waals surface area contributed by atoms with E-state index in [0.29, 0.717) is 17.0 Å². The monoisotopic (exact) mass is 274 g/mol. The number of carbonyl (C=O) groups excluding carboxylic acids is 1. The maximum absolute atomic E-state index is 11.8. The van der Waals surface area contributed by atoms with Gasteiger partial charge in [-0.15, -0.1) is 0 Å². The first-order valence-corrected chi connectivity index (χ1v) is 6.50. The van der Waals surface area contributed by atoms with Crippen LogP contribution in [0.5, 0.6) is 5.75 Å². The molecule has 0 heterocycles. The smallest absolute Gasteiger partial charge is 0.164 e. The molecule has 0 aliphatic heterocycles. The maximum Gasteiger partial charge on any atom is 0.164 e. The number of hydrogen-bond acceptors (Lipinski definition) is 2. The number of methoxy groups -OCH3 is 1. The Morgan fingerprint density at radius 2 is 1.74 bits per heavy atom. The predicted molar refractivity (Wildman–Crippen MR) is 78.1 cm³/mol. The van der Waals surface area contributed by atoms with Gasteiger partial charge in [-0.05, 0) is 35.4 Å². The van der Waals surface area contributed by atoms with Crippen molar-refractivity contribution in [1.82, 2.24) is 0 Å². The number of benzene rings is 2. The van der Waals surface area contributed by atoms with Crippen LogP contribution in [-0.4, -0.2) is 12.9 Å². The minimum Gasteiger partial charge on any atom is -0.497 e. The van der Waals surface area contributed by atoms with E-state index in [1.54, 1.807) is 13.2 Å². The van der Waals surface area contributed by atoms with Gasteiger partial charge in [0.05, 0.1) is 12.1 Å². The number of rotatable bonds is 4. The molecule has 0 aromatic heterocycles. The summed E-state index contributed by atoms with van der Waals surface area (Å²) in [7, 11) is 1.63. The van der Waals surface area contributed by atoms with E-state index in [0.717, 1.165) is 16.9 Å². The van der Waals surface area contributed by atoms with Gasteiger partial charge in [-0.3, -0.25) is 4.79 Å². The average Bonchev–Trinajstić information content (AvgIpc) is 2.47. The Morgan fingerprint density at radius 3 is 2.32 bits per heavy atom. The van der Waals surface area contributed by atoms with Crippen molar-refractivity contribution < 1.29 is 9.53 Å². The average molecular weight is 275 g/mol. The summed E-state index contributed by atoms with van der Waals surface area (Å²) in [6.45, 7) is 1.83. The largest absolute Gasteiger partial charge is 0.497 e. The molecule has 98 valence electrons. The molecule has 0 spiro atoms. The summed E-state index contributed by atoms with van der Waals surface area (Å²) >= 11 is 6.06. The highest BCUT2D eigenvalue weighted by Gasteiger charge is 2.10. The summed E-state index contributed by atoms with van der Waals surface area (Å²) in [5.74, 6) is 0.864. The second-order valence-electron chi connectivity index (χ2n) is 4.20. The van der Waals surface area contributed by atoms with Crippen LogP contribution in [0.4, 0.5) is 0 Å². The van der Waals surface area contributed by atoms with Crippen LogP contribution in [0.15, 0.2) is 42.5 Å². The van der Waals surface area contributed by atoms with Gasteiger partial charge < -0.3 is 4.74 Å². The summed E-state index contributed by atoms with van der Waals surface area (Å²) in [5, 5.41) is 0.504. The first kappa shape index (κ1) is 13.6. The van der Waals surface area contributed by atoms with Gasteiger partial charge >= 0.3 is 0 Å². The molecule has 0 saturated heterocycles. The second kappa shape index (κ2) is 5.89. The van der Waals surface area contributed by atoms with E-state index >= 15 is 0 Å². The van der Waals surface area contributed by atoms with Gasteiger partial charge in [0.2, 0.25) is 0 Å². The molecule has 0 atom stereocenters. The molecule has 3 heteroatoms. The molecule has 0 saturated carbocycles. The van der Waals surface area contributed by atoms with Crippen LogP contribution in [0.25, 0.3) is 11.1 Å². The first-order chi connectivity index (χ1) is 9.15. The highest BCUT2D eigenvalue weighted by atomic mass is 35.5. The van der Waals surface area contributed by atoms with E-state index in [1.807, 2.05) is 43.3 Å². The molecule has 0 unspecified atom stereocenters. The molecule has 0 aliphatic rings. The third-order valence-corrected chi connectivity index (χ3v) is 3.34. The molecule has 2 aromatic carbocycles. The lowest BCUT2D eigenvalue weighted by Gasteiger charge is -2.07.